The summed E-state index contributed by atoms with van der Waals surface area (Å²) in [5.41, 5.74) is 2.96. The lowest BCUT2D eigenvalue weighted by Crippen LogP contribution is -2.25. The predicted octanol–water partition coefficient (Wildman–Crippen LogP) is 3.28. The van der Waals surface area contributed by atoms with Crippen molar-refractivity contribution >= 4 is 39.2 Å². The minimum Gasteiger partial charge on any atom is -0.324 e. The molecule has 1 aromatic heterocycles. The first-order chi connectivity index (χ1) is 9.22. The second kappa shape index (κ2) is 5.45. The van der Waals surface area contributed by atoms with E-state index in [9.17, 15) is 0 Å². The molecular weight excluding hydrogens is 328 g/mol. The van der Waals surface area contributed by atoms with Gasteiger partial charge in [0.1, 0.15) is 5.15 Å². The molecule has 0 amide bonds. The Morgan fingerprint density at radius 2 is 2.21 bits per heavy atom. The van der Waals surface area contributed by atoms with Gasteiger partial charge in [0.2, 0.25) is 5.95 Å². The van der Waals surface area contributed by atoms with Crippen LogP contribution in [0.15, 0.2) is 28.7 Å². The summed E-state index contributed by atoms with van der Waals surface area (Å²) < 4.78 is 1.01. The van der Waals surface area contributed by atoms with Gasteiger partial charge >= 0.3 is 0 Å². The fraction of sp³-hybridized carbons (Fsp3) is 0.231. The monoisotopic (exact) mass is 338 g/mol. The molecule has 0 spiro atoms. The average Bonchev–Trinajstić information content (AvgIpc) is 2.39. The zero-order valence-corrected chi connectivity index (χ0v) is 12.4. The molecule has 0 radical (unpaired) electrons. The Balaban J connectivity index is 1.91. The summed E-state index contributed by atoms with van der Waals surface area (Å²) in [6, 6.07) is 7.86. The predicted molar refractivity (Wildman–Crippen MR) is 79.9 cm³/mol. The SMILES string of the molecule is Clc1nc(Nc2cccc(Br)c2)nc2c1CNCC2. The molecule has 98 valence electrons. The normalized spacial score (nSPS) is 14.0. The summed E-state index contributed by atoms with van der Waals surface area (Å²) in [7, 11) is 0. The number of hydrogen-bond acceptors (Lipinski definition) is 4. The van der Waals surface area contributed by atoms with Crippen LogP contribution in [0.25, 0.3) is 0 Å². The van der Waals surface area contributed by atoms with E-state index >= 15 is 0 Å². The number of benzene rings is 1. The number of fused-ring (bicyclic) bond motifs is 1. The molecule has 0 unspecified atom stereocenters. The molecule has 3 rings (SSSR count). The quantitative estimate of drug-likeness (QED) is 0.825. The van der Waals surface area contributed by atoms with Gasteiger partial charge in [0.25, 0.3) is 0 Å². The number of anilines is 2. The van der Waals surface area contributed by atoms with Gasteiger partial charge in [0.15, 0.2) is 0 Å². The maximum absolute atomic E-state index is 6.20. The van der Waals surface area contributed by atoms with Crippen molar-refractivity contribution in [1.82, 2.24) is 15.3 Å². The Morgan fingerprint density at radius 3 is 3.05 bits per heavy atom. The lowest BCUT2D eigenvalue weighted by molar-refractivity contribution is 0.627. The molecule has 2 aromatic rings. The van der Waals surface area contributed by atoms with E-state index in [4.69, 9.17) is 11.6 Å². The Labute approximate surface area is 124 Å². The third kappa shape index (κ3) is 2.88. The Morgan fingerprint density at radius 1 is 1.32 bits per heavy atom. The van der Waals surface area contributed by atoms with Crippen LogP contribution in [-0.2, 0) is 13.0 Å². The lowest BCUT2D eigenvalue weighted by atomic mass is 10.1. The first-order valence-electron chi connectivity index (χ1n) is 6.01. The molecule has 0 atom stereocenters. The van der Waals surface area contributed by atoms with E-state index in [-0.39, 0.29) is 0 Å². The third-order valence-corrected chi connectivity index (χ3v) is 3.77. The van der Waals surface area contributed by atoms with Gasteiger partial charge < -0.3 is 10.6 Å². The van der Waals surface area contributed by atoms with Gasteiger partial charge in [-0.2, -0.15) is 0 Å². The number of nitrogens with one attached hydrogen (secondary N) is 2. The molecule has 2 N–H and O–H groups in total. The zero-order valence-electron chi connectivity index (χ0n) is 10.1. The van der Waals surface area contributed by atoms with Crippen molar-refractivity contribution in [1.29, 1.82) is 0 Å². The molecular formula is C13H12BrClN4. The average molecular weight is 340 g/mol. The molecule has 19 heavy (non-hydrogen) atoms. The molecule has 0 saturated carbocycles. The number of nitrogens with zero attached hydrogens (tertiary/aromatic N) is 2. The molecule has 0 aliphatic carbocycles. The van der Waals surface area contributed by atoms with Gasteiger partial charge in [-0.05, 0) is 18.2 Å². The van der Waals surface area contributed by atoms with Crippen LogP contribution in [0.3, 0.4) is 0 Å². The number of halogens is 2. The summed E-state index contributed by atoms with van der Waals surface area (Å²) in [5, 5.41) is 6.97. The van der Waals surface area contributed by atoms with Crippen molar-refractivity contribution < 1.29 is 0 Å². The zero-order chi connectivity index (χ0) is 13.2. The van der Waals surface area contributed by atoms with Gasteiger partial charge in [-0.1, -0.05) is 33.6 Å². The Bertz CT molecular complexity index is 618. The summed E-state index contributed by atoms with van der Waals surface area (Å²) in [6.45, 7) is 1.67. The van der Waals surface area contributed by atoms with Crippen LogP contribution in [0.2, 0.25) is 5.15 Å². The molecule has 0 fully saturated rings. The molecule has 0 bridgehead atoms. The van der Waals surface area contributed by atoms with Crippen molar-refractivity contribution in [3.63, 3.8) is 0 Å². The van der Waals surface area contributed by atoms with Crippen LogP contribution in [-0.4, -0.2) is 16.5 Å². The number of rotatable bonds is 2. The van der Waals surface area contributed by atoms with E-state index in [0.717, 1.165) is 40.9 Å². The molecule has 1 aliphatic rings. The van der Waals surface area contributed by atoms with E-state index in [2.05, 4.69) is 36.5 Å². The highest BCUT2D eigenvalue weighted by atomic mass is 79.9. The first kappa shape index (κ1) is 12.8. The summed E-state index contributed by atoms with van der Waals surface area (Å²) in [6.07, 6.45) is 0.880. The van der Waals surface area contributed by atoms with E-state index in [1.54, 1.807) is 0 Å². The van der Waals surface area contributed by atoms with Gasteiger partial charge in [0, 0.05) is 35.2 Å². The minimum atomic E-state index is 0.523. The number of hydrogen-bond donors (Lipinski definition) is 2. The molecule has 4 nitrogen and oxygen atoms in total. The Kier molecular flexibility index (Phi) is 3.68. The Hall–Kier alpha value is -1.17. The summed E-state index contributed by atoms with van der Waals surface area (Å²) in [5.74, 6) is 0.545. The fourth-order valence-corrected chi connectivity index (χ4v) is 2.71. The van der Waals surface area contributed by atoms with Crippen LogP contribution in [0, 0.1) is 0 Å². The van der Waals surface area contributed by atoms with Crippen LogP contribution in [0.5, 0.6) is 0 Å². The molecule has 2 heterocycles. The van der Waals surface area contributed by atoms with E-state index < -0.39 is 0 Å². The summed E-state index contributed by atoms with van der Waals surface area (Å²) in [4.78, 5) is 8.84. The van der Waals surface area contributed by atoms with Crippen molar-refractivity contribution in [2.75, 3.05) is 11.9 Å². The second-order valence-electron chi connectivity index (χ2n) is 4.33. The van der Waals surface area contributed by atoms with Crippen LogP contribution in [0.1, 0.15) is 11.3 Å². The standard InChI is InChI=1S/C13H12BrClN4/c14-8-2-1-3-9(6-8)17-13-18-11-4-5-16-7-10(11)12(15)19-13/h1-3,6,16H,4-5,7H2,(H,17,18,19). The number of aromatic nitrogens is 2. The van der Waals surface area contributed by atoms with Gasteiger partial charge in [-0.3, -0.25) is 0 Å². The maximum atomic E-state index is 6.20. The van der Waals surface area contributed by atoms with E-state index in [1.165, 1.54) is 0 Å². The van der Waals surface area contributed by atoms with Crippen molar-refractivity contribution in [2.24, 2.45) is 0 Å². The minimum absolute atomic E-state index is 0.523. The van der Waals surface area contributed by atoms with Gasteiger partial charge in [-0.25, -0.2) is 9.97 Å². The van der Waals surface area contributed by atoms with Crippen molar-refractivity contribution in [3.05, 3.63) is 45.1 Å². The van der Waals surface area contributed by atoms with Crippen molar-refractivity contribution in [2.45, 2.75) is 13.0 Å². The molecule has 6 heteroatoms. The van der Waals surface area contributed by atoms with E-state index in [1.807, 2.05) is 24.3 Å². The second-order valence-corrected chi connectivity index (χ2v) is 5.60. The smallest absolute Gasteiger partial charge is 0.228 e. The highest BCUT2D eigenvalue weighted by Crippen LogP contribution is 2.24. The largest absolute Gasteiger partial charge is 0.324 e. The fourth-order valence-electron chi connectivity index (χ4n) is 2.05. The highest BCUT2D eigenvalue weighted by molar-refractivity contribution is 9.10. The van der Waals surface area contributed by atoms with Crippen LogP contribution < -0.4 is 10.6 Å². The van der Waals surface area contributed by atoms with Crippen molar-refractivity contribution in [3.8, 4) is 0 Å². The van der Waals surface area contributed by atoms with Gasteiger partial charge in [0.05, 0.1) is 5.69 Å². The van der Waals surface area contributed by atoms with Crippen LogP contribution in [0.4, 0.5) is 11.6 Å². The van der Waals surface area contributed by atoms with E-state index in [0.29, 0.717) is 11.1 Å². The lowest BCUT2D eigenvalue weighted by Gasteiger charge is -2.18. The molecule has 1 aliphatic heterocycles. The first-order valence-corrected chi connectivity index (χ1v) is 7.18. The molecule has 1 aromatic carbocycles. The van der Waals surface area contributed by atoms with Crippen LogP contribution >= 0.6 is 27.5 Å². The molecule has 0 saturated heterocycles. The summed E-state index contributed by atoms with van der Waals surface area (Å²) >= 11 is 9.64. The third-order valence-electron chi connectivity index (χ3n) is 2.96. The topological polar surface area (TPSA) is 49.8 Å². The maximum Gasteiger partial charge on any atom is 0.228 e. The van der Waals surface area contributed by atoms with Gasteiger partial charge in [-0.15, -0.1) is 0 Å². The highest BCUT2D eigenvalue weighted by Gasteiger charge is 2.16.